The van der Waals surface area contributed by atoms with Gasteiger partial charge in [-0.15, -0.1) is 6.58 Å². The number of hydrogen-bond acceptors (Lipinski definition) is 8. The Hall–Kier alpha value is -3.24. The lowest BCUT2D eigenvalue weighted by atomic mass is 9.92. The standard InChI is InChI=1S/C34H45NO8/c1-6-7-13-30(40-21-25-14-16-27(39-5)17-15-25)31-20-28(42-34(3,4)43-31)19-29(36)23(2)32(37)35-26(22-41-33(35)38)18-24-11-9-8-10-12-24/h6,8-12,14-17,23,26,28-31,36H,1,7,13,18-22H2,2-5H3/t23-,26-,28+,29?,30+,31+/m0/s1. The fourth-order valence-corrected chi connectivity index (χ4v) is 5.73. The van der Waals surface area contributed by atoms with Crippen LogP contribution in [0.2, 0.25) is 0 Å². The van der Waals surface area contributed by atoms with Gasteiger partial charge in [-0.25, -0.2) is 9.69 Å². The summed E-state index contributed by atoms with van der Waals surface area (Å²) >= 11 is 0. The van der Waals surface area contributed by atoms with Crippen molar-refractivity contribution in [2.75, 3.05) is 13.7 Å². The molecule has 2 fully saturated rings. The van der Waals surface area contributed by atoms with E-state index in [1.54, 1.807) is 14.0 Å². The molecule has 2 saturated heterocycles. The first-order valence-corrected chi connectivity index (χ1v) is 15.0. The number of nitrogens with zero attached hydrogens (tertiary/aromatic N) is 1. The molecule has 9 heteroatoms. The topological polar surface area (TPSA) is 104 Å². The van der Waals surface area contributed by atoms with E-state index in [2.05, 4.69) is 6.58 Å². The molecular formula is C34H45NO8. The molecule has 1 N–H and O–H groups in total. The molecule has 0 aliphatic carbocycles. The molecule has 2 aliphatic heterocycles. The Balaban J connectivity index is 1.39. The molecule has 6 atom stereocenters. The Labute approximate surface area is 254 Å². The van der Waals surface area contributed by atoms with Crippen molar-refractivity contribution >= 4 is 12.0 Å². The lowest BCUT2D eigenvalue weighted by molar-refractivity contribution is -0.319. The summed E-state index contributed by atoms with van der Waals surface area (Å²) in [5.41, 5.74) is 2.02. The van der Waals surface area contributed by atoms with Gasteiger partial charge in [0.15, 0.2) is 5.79 Å². The molecule has 0 bridgehead atoms. The highest BCUT2D eigenvalue weighted by molar-refractivity contribution is 5.95. The van der Waals surface area contributed by atoms with Crippen LogP contribution in [0.25, 0.3) is 0 Å². The number of amides is 2. The number of rotatable bonds is 14. The lowest BCUT2D eigenvalue weighted by Crippen LogP contribution is -2.51. The number of aliphatic hydroxyl groups is 1. The molecule has 2 aromatic carbocycles. The van der Waals surface area contributed by atoms with Crippen molar-refractivity contribution in [3.63, 3.8) is 0 Å². The van der Waals surface area contributed by atoms with E-state index in [1.807, 2.05) is 74.5 Å². The molecule has 2 aliphatic rings. The zero-order valence-electron chi connectivity index (χ0n) is 25.6. The average Bonchev–Trinajstić information content (AvgIpc) is 3.35. The van der Waals surface area contributed by atoms with Crippen LogP contribution >= 0.6 is 0 Å². The van der Waals surface area contributed by atoms with E-state index >= 15 is 0 Å². The molecule has 0 aromatic heterocycles. The van der Waals surface area contributed by atoms with Crippen molar-refractivity contribution in [3.8, 4) is 5.75 Å². The molecule has 1 unspecified atom stereocenters. The number of carbonyl (C=O) groups is 2. The third-order valence-electron chi connectivity index (χ3n) is 8.06. The van der Waals surface area contributed by atoms with E-state index in [-0.39, 0.29) is 31.3 Å². The van der Waals surface area contributed by atoms with E-state index in [0.717, 1.165) is 28.2 Å². The van der Waals surface area contributed by atoms with Crippen molar-refractivity contribution in [1.82, 2.24) is 4.90 Å². The lowest BCUT2D eigenvalue weighted by Gasteiger charge is -2.44. The van der Waals surface area contributed by atoms with Gasteiger partial charge in [-0.3, -0.25) is 4.79 Å². The van der Waals surface area contributed by atoms with E-state index in [4.69, 9.17) is 23.7 Å². The maximum absolute atomic E-state index is 13.5. The fraction of sp³-hybridized carbons (Fsp3) is 0.529. The first kappa shape index (κ1) is 32.7. The van der Waals surface area contributed by atoms with E-state index < -0.39 is 35.9 Å². The van der Waals surface area contributed by atoms with Crippen LogP contribution in [0.15, 0.2) is 67.3 Å². The summed E-state index contributed by atoms with van der Waals surface area (Å²) in [5, 5.41) is 11.2. The number of ether oxygens (including phenoxy) is 5. The van der Waals surface area contributed by atoms with Crippen LogP contribution in [0.3, 0.4) is 0 Å². The van der Waals surface area contributed by atoms with Gasteiger partial charge in [0.05, 0.1) is 50.1 Å². The van der Waals surface area contributed by atoms with Gasteiger partial charge >= 0.3 is 6.09 Å². The minimum absolute atomic E-state index is 0.129. The van der Waals surface area contributed by atoms with Gasteiger partial charge in [0.2, 0.25) is 5.91 Å². The molecule has 4 rings (SSSR count). The second-order valence-corrected chi connectivity index (χ2v) is 11.8. The first-order valence-electron chi connectivity index (χ1n) is 15.0. The number of cyclic esters (lactones) is 1. The second kappa shape index (κ2) is 15.0. The van der Waals surface area contributed by atoms with Crippen molar-refractivity contribution in [2.24, 2.45) is 5.92 Å². The van der Waals surface area contributed by atoms with E-state index in [0.29, 0.717) is 25.9 Å². The second-order valence-electron chi connectivity index (χ2n) is 11.8. The molecule has 0 spiro atoms. The van der Waals surface area contributed by atoms with Crippen LogP contribution in [0.4, 0.5) is 4.79 Å². The SMILES string of the molecule is C=CCC[C@@H](OCc1ccc(OC)cc1)[C@H]1C[C@@H](CC(O)[C@H](C)C(=O)N2C(=O)OC[C@@H]2Cc2ccccc2)OC(C)(C)O1. The third-order valence-corrected chi connectivity index (χ3v) is 8.06. The molecule has 2 aromatic rings. The molecule has 43 heavy (non-hydrogen) atoms. The molecule has 9 nitrogen and oxygen atoms in total. The maximum atomic E-state index is 13.5. The van der Waals surface area contributed by atoms with Crippen LogP contribution < -0.4 is 4.74 Å². The zero-order chi connectivity index (χ0) is 31.0. The first-order chi connectivity index (χ1) is 20.6. The zero-order valence-corrected chi connectivity index (χ0v) is 25.6. The van der Waals surface area contributed by atoms with Gasteiger partial charge in [-0.2, -0.15) is 0 Å². The molecule has 0 radical (unpaired) electrons. The predicted molar refractivity (Wildman–Crippen MR) is 161 cm³/mol. The quantitative estimate of drug-likeness (QED) is 0.288. The number of methoxy groups -OCH3 is 1. The molecule has 2 amide bonds. The Kier molecular flexibility index (Phi) is 11.4. The average molecular weight is 596 g/mol. The highest BCUT2D eigenvalue weighted by atomic mass is 16.7. The van der Waals surface area contributed by atoms with Gasteiger partial charge in [0.25, 0.3) is 0 Å². The van der Waals surface area contributed by atoms with E-state index in [1.165, 1.54) is 0 Å². The number of allylic oxidation sites excluding steroid dienone is 1. The van der Waals surface area contributed by atoms with Crippen LogP contribution in [0, 0.1) is 5.92 Å². The van der Waals surface area contributed by atoms with Crippen molar-refractivity contribution in [1.29, 1.82) is 0 Å². The van der Waals surface area contributed by atoms with Crippen molar-refractivity contribution < 1.29 is 38.4 Å². The minimum atomic E-state index is -1.04. The normalized spacial score (nSPS) is 23.7. The molecule has 0 saturated carbocycles. The number of carbonyl (C=O) groups excluding carboxylic acids is 2. The van der Waals surface area contributed by atoms with Gasteiger partial charge in [0, 0.05) is 12.8 Å². The Morgan fingerprint density at radius 1 is 1.14 bits per heavy atom. The fourth-order valence-electron chi connectivity index (χ4n) is 5.73. The van der Waals surface area contributed by atoms with Crippen LogP contribution in [0.1, 0.15) is 57.6 Å². The van der Waals surface area contributed by atoms with Crippen LogP contribution in [-0.2, 0) is 36.8 Å². The smallest absolute Gasteiger partial charge is 0.416 e. The van der Waals surface area contributed by atoms with Crippen molar-refractivity contribution in [2.45, 2.75) is 95.7 Å². The van der Waals surface area contributed by atoms with Gasteiger partial charge in [-0.05, 0) is 56.4 Å². The minimum Gasteiger partial charge on any atom is -0.497 e. The summed E-state index contributed by atoms with van der Waals surface area (Å²) in [6.45, 7) is 9.73. The summed E-state index contributed by atoms with van der Waals surface area (Å²) in [7, 11) is 1.63. The summed E-state index contributed by atoms with van der Waals surface area (Å²) < 4.78 is 29.4. The maximum Gasteiger partial charge on any atom is 0.416 e. The number of hydrogen-bond donors (Lipinski definition) is 1. The Morgan fingerprint density at radius 2 is 1.86 bits per heavy atom. The molecule has 234 valence electrons. The van der Waals surface area contributed by atoms with Gasteiger partial charge in [-0.1, -0.05) is 55.5 Å². The van der Waals surface area contributed by atoms with Crippen molar-refractivity contribution in [3.05, 3.63) is 78.4 Å². The number of imide groups is 1. The predicted octanol–water partition coefficient (Wildman–Crippen LogP) is 5.43. The van der Waals surface area contributed by atoms with Crippen LogP contribution in [-0.4, -0.2) is 72.0 Å². The number of aliphatic hydroxyl groups excluding tert-OH is 1. The highest BCUT2D eigenvalue weighted by Gasteiger charge is 2.44. The monoisotopic (exact) mass is 595 g/mol. The summed E-state index contributed by atoms with van der Waals surface area (Å²) in [6, 6.07) is 17.0. The summed E-state index contributed by atoms with van der Waals surface area (Å²) in [4.78, 5) is 27.2. The summed E-state index contributed by atoms with van der Waals surface area (Å²) in [5.74, 6) is -1.43. The summed E-state index contributed by atoms with van der Waals surface area (Å²) in [6.07, 6.45) is 1.86. The molecule has 2 heterocycles. The Bertz CT molecular complexity index is 1200. The molecular weight excluding hydrogens is 550 g/mol. The third kappa shape index (κ3) is 8.89. The van der Waals surface area contributed by atoms with E-state index in [9.17, 15) is 14.7 Å². The van der Waals surface area contributed by atoms with Gasteiger partial charge in [0.1, 0.15) is 12.4 Å². The van der Waals surface area contributed by atoms with Gasteiger partial charge < -0.3 is 28.8 Å². The largest absolute Gasteiger partial charge is 0.497 e. The Morgan fingerprint density at radius 3 is 2.53 bits per heavy atom. The number of benzene rings is 2. The highest BCUT2D eigenvalue weighted by Crippen LogP contribution is 2.34. The van der Waals surface area contributed by atoms with Crippen LogP contribution in [0.5, 0.6) is 5.75 Å².